The smallest absolute Gasteiger partial charge is 0.292 e. The van der Waals surface area contributed by atoms with E-state index in [4.69, 9.17) is 5.73 Å². The summed E-state index contributed by atoms with van der Waals surface area (Å²) in [5.74, 6) is 0.621. The van der Waals surface area contributed by atoms with Gasteiger partial charge in [-0.15, -0.1) is 11.8 Å². The first-order chi connectivity index (χ1) is 9.49. The topological polar surface area (TPSA) is 69.2 Å². The van der Waals surface area contributed by atoms with Crippen molar-refractivity contribution in [2.24, 2.45) is 0 Å². The number of nitrogens with two attached hydrogens (primary N) is 1. The van der Waals surface area contributed by atoms with Crippen molar-refractivity contribution in [2.45, 2.75) is 24.5 Å². The lowest BCUT2D eigenvalue weighted by Gasteiger charge is -2.07. The van der Waals surface area contributed by atoms with Crippen LogP contribution in [0.2, 0.25) is 0 Å². The largest absolute Gasteiger partial charge is 0.393 e. The molecule has 0 atom stereocenters. The molecule has 0 aliphatic heterocycles. The minimum Gasteiger partial charge on any atom is -0.393 e. The van der Waals surface area contributed by atoms with Gasteiger partial charge in [0.15, 0.2) is 0 Å². The third-order valence-corrected chi connectivity index (χ3v) is 4.29. The Labute approximate surface area is 122 Å². The summed E-state index contributed by atoms with van der Waals surface area (Å²) >= 11 is 1.63. The predicted molar refractivity (Wildman–Crippen MR) is 83.0 cm³/mol. The molecule has 0 bridgehead atoms. The van der Waals surface area contributed by atoms with Crippen LogP contribution in [-0.2, 0) is 5.75 Å². The molecule has 0 aromatic heterocycles. The van der Waals surface area contributed by atoms with Crippen molar-refractivity contribution in [2.75, 3.05) is 5.73 Å². The first kappa shape index (κ1) is 14.4. The zero-order valence-corrected chi connectivity index (χ0v) is 12.2. The second-order valence-electron chi connectivity index (χ2n) is 4.64. The molecule has 0 saturated carbocycles. The number of aryl methyl sites for hydroxylation is 2. The molecule has 4 nitrogen and oxygen atoms in total. The molecule has 2 rings (SSSR count). The number of anilines is 1. The highest BCUT2D eigenvalue weighted by Crippen LogP contribution is 2.31. The highest BCUT2D eigenvalue weighted by molar-refractivity contribution is 7.98. The summed E-state index contributed by atoms with van der Waals surface area (Å²) in [4.78, 5) is 11.5. The van der Waals surface area contributed by atoms with E-state index in [-0.39, 0.29) is 11.4 Å². The Morgan fingerprint density at radius 1 is 1.20 bits per heavy atom. The van der Waals surface area contributed by atoms with E-state index in [1.165, 1.54) is 17.2 Å². The lowest BCUT2D eigenvalue weighted by molar-refractivity contribution is -0.383. The third-order valence-electron chi connectivity index (χ3n) is 3.24. The molecule has 2 N–H and O–H groups in total. The molecule has 104 valence electrons. The van der Waals surface area contributed by atoms with Crippen LogP contribution < -0.4 is 5.73 Å². The van der Waals surface area contributed by atoms with Gasteiger partial charge in [-0.05, 0) is 42.7 Å². The number of rotatable bonds is 4. The predicted octanol–water partition coefficient (Wildman–Crippen LogP) is 4.09. The summed E-state index contributed by atoms with van der Waals surface area (Å²) < 4.78 is 0. The number of thioether (sulfide) groups is 1. The molecule has 0 unspecified atom stereocenters. The lowest BCUT2D eigenvalue weighted by Crippen LogP contribution is -1.99. The van der Waals surface area contributed by atoms with Crippen LogP contribution in [0.25, 0.3) is 0 Å². The molecule has 0 amide bonds. The summed E-state index contributed by atoms with van der Waals surface area (Å²) in [6.45, 7) is 4.14. The highest BCUT2D eigenvalue weighted by Gasteiger charge is 2.14. The number of nitro benzene ring substituents is 1. The number of nitro groups is 1. The van der Waals surface area contributed by atoms with Crippen molar-refractivity contribution in [3.63, 3.8) is 0 Å². The summed E-state index contributed by atoms with van der Waals surface area (Å²) in [7, 11) is 0. The van der Waals surface area contributed by atoms with Crippen molar-refractivity contribution in [1.29, 1.82) is 0 Å². The molecule has 0 spiro atoms. The zero-order chi connectivity index (χ0) is 14.7. The van der Waals surface area contributed by atoms with E-state index < -0.39 is 4.92 Å². The molecule has 20 heavy (non-hydrogen) atoms. The van der Waals surface area contributed by atoms with Crippen LogP contribution >= 0.6 is 11.8 Å². The Kier molecular flexibility index (Phi) is 4.29. The van der Waals surface area contributed by atoms with Crippen molar-refractivity contribution in [1.82, 2.24) is 0 Å². The summed E-state index contributed by atoms with van der Waals surface area (Å²) in [6.07, 6.45) is 0. The molecule has 0 aliphatic rings. The summed E-state index contributed by atoms with van der Waals surface area (Å²) in [5, 5.41) is 10.8. The van der Waals surface area contributed by atoms with E-state index in [1.54, 1.807) is 17.8 Å². The fourth-order valence-electron chi connectivity index (χ4n) is 1.85. The van der Waals surface area contributed by atoms with Crippen LogP contribution in [0.4, 0.5) is 11.4 Å². The minimum atomic E-state index is -0.445. The average Bonchev–Trinajstić information content (AvgIpc) is 2.41. The van der Waals surface area contributed by atoms with Crippen LogP contribution in [-0.4, -0.2) is 4.92 Å². The van der Waals surface area contributed by atoms with Crippen molar-refractivity contribution >= 4 is 23.1 Å². The SMILES string of the molecule is Cc1ccc(SCc2cccc([N+](=O)[O-])c2N)cc1C. The van der Waals surface area contributed by atoms with Crippen LogP contribution in [0, 0.1) is 24.0 Å². The van der Waals surface area contributed by atoms with E-state index >= 15 is 0 Å². The van der Waals surface area contributed by atoms with Gasteiger partial charge >= 0.3 is 0 Å². The van der Waals surface area contributed by atoms with Gasteiger partial charge in [0.1, 0.15) is 5.69 Å². The fraction of sp³-hybridized carbons (Fsp3) is 0.200. The zero-order valence-electron chi connectivity index (χ0n) is 11.4. The maximum Gasteiger partial charge on any atom is 0.292 e. The average molecular weight is 288 g/mol. The van der Waals surface area contributed by atoms with Crippen molar-refractivity contribution in [3.8, 4) is 0 Å². The molecule has 2 aromatic rings. The van der Waals surface area contributed by atoms with Crippen molar-refractivity contribution < 1.29 is 4.92 Å². The van der Waals surface area contributed by atoms with Gasteiger partial charge in [-0.2, -0.15) is 0 Å². The number of hydrogen-bond acceptors (Lipinski definition) is 4. The molecule has 2 aromatic carbocycles. The highest BCUT2D eigenvalue weighted by atomic mass is 32.2. The molecule has 0 saturated heterocycles. The summed E-state index contributed by atoms with van der Waals surface area (Å²) in [6, 6.07) is 11.2. The number of para-hydroxylation sites is 1. The second-order valence-corrected chi connectivity index (χ2v) is 5.69. The van der Waals surface area contributed by atoms with Gasteiger partial charge in [0.2, 0.25) is 0 Å². The van der Waals surface area contributed by atoms with E-state index in [2.05, 4.69) is 32.0 Å². The molecular formula is C15H16N2O2S. The lowest BCUT2D eigenvalue weighted by atomic mass is 10.1. The normalized spacial score (nSPS) is 10.5. The van der Waals surface area contributed by atoms with E-state index in [9.17, 15) is 10.1 Å². The fourth-order valence-corrected chi connectivity index (χ4v) is 2.85. The molecule has 0 fully saturated rings. The molecule has 0 aliphatic carbocycles. The maximum atomic E-state index is 10.8. The second kappa shape index (κ2) is 5.96. The van der Waals surface area contributed by atoms with Crippen LogP contribution in [0.3, 0.4) is 0 Å². The summed E-state index contributed by atoms with van der Waals surface area (Å²) in [5.41, 5.74) is 9.37. The number of nitrogens with zero attached hydrogens (tertiary/aromatic N) is 1. The Balaban J connectivity index is 2.17. The van der Waals surface area contributed by atoms with Crippen molar-refractivity contribution in [3.05, 3.63) is 63.2 Å². The number of nitrogen functional groups attached to an aromatic ring is 1. The molecular weight excluding hydrogens is 272 g/mol. The third kappa shape index (κ3) is 3.11. The Morgan fingerprint density at radius 3 is 2.60 bits per heavy atom. The first-order valence-corrected chi connectivity index (χ1v) is 7.19. The van der Waals surface area contributed by atoms with Gasteiger partial charge in [0, 0.05) is 16.7 Å². The monoisotopic (exact) mass is 288 g/mol. The van der Waals surface area contributed by atoms with Crippen LogP contribution in [0.15, 0.2) is 41.3 Å². The quantitative estimate of drug-likeness (QED) is 0.398. The molecule has 0 heterocycles. The number of hydrogen-bond donors (Lipinski definition) is 1. The Morgan fingerprint density at radius 2 is 1.95 bits per heavy atom. The van der Waals surface area contributed by atoms with E-state index in [0.717, 1.165) is 10.5 Å². The van der Waals surface area contributed by atoms with Crippen LogP contribution in [0.1, 0.15) is 16.7 Å². The maximum absolute atomic E-state index is 10.8. The minimum absolute atomic E-state index is 0.0248. The van der Waals surface area contributed by atoms with E-state index in [0.29, 0.717) is 5.75 Å². The molecule has 5 heteroatoms. The standard InChI is InChI=1S/C15H16N2O2S/c1-10-6-7-13(8-11(10)2)20-9-12-4-3-5-14(15(12)16)17(18)19/h3-8H,9,16H2,1-2H3. The molecule has 0 radical (unpaired) electrons. The van der Waals surface area contributed by atoms with Gasteiger partial charge in [-0.25, -0.2) is 0 Å². The van der Waals surface area contributed by atoms with Gasteiger partial charge in [0.05, 0.1) is 4.92 Å². The van der Waals surface area contributed by atoms with Crippen LogP contribution in [0.5, 0.6) is 0 Å². The number of benzene rings is 2. The van der Waals surface area contributed by atoms with E-state index in [1.807, 2.05) is 6.07 Å². The van der Waals surface area contributed by atoms with Gasteiger partial charge in [-0.1, -0.05) is 18.2 Å². The Bertz CT molecular complexity index is 656. The van der Waals surface area contributed by atoms with Gasteiger partial charge < -0.3 is 5.73 Å². The van der Waals surface area contributed by atoms with Gasteiger partial charge in [-0.3, -0.25) is 10.1 Å². The Hall–Kier alpha value is -2.01. The van der Waals surface area contributed by atoms with Gasteiger partial charge in [0.25, 0.3) is 5.69 Å². The first-order valence-electron chi connectivity index (χ1n) is 6.21.